The zero-order chi connectivity index (χ0) is 14.5. The molecule has 1 aromatic carbocycles. The summed E-state index contributed by atoms with van der Waals surface area (Å²) < 4.78 is 13.4. The number of pyridine rings is 1. The molecule has 2 aromatic rings. The highest BCUT2D eigenvalue weighted by Gasteiger charge is 2.15. The van der Waals surface area contributed by atoms with Crippen molar-refractivity contribution in [3.8, 4) is 0 Å². The Labute approximate surface area is 114 Å². The summed E-state index contributed by atoms with van der Waals surface area (Å²) in [5.74, 6) is -1.86. The van der Waals surface area contributed by atoms with Crippen molar-refractivity contribution in [2.24, 2.45) is 0 Å². The lowest BCUT2D eigenvalue weighted by Gasteiger charge is -2.10. The van der Waals surface area contributed by atoms with Crippen LogP contribution >= 0.6 is 0 Å². The molecule has 0 aliphatic heterocycles. The molecular formula is C14H12FN3O2. The van der Waals surface area contributed by atoms with Gasteiger partial charge in [0.25, 0.3) is 11.8 Å². The number of hydrogen-bond donors (Lipinski definition) is 2. The van der Waals surface area contributed by atoms with E-state index in [1.807, 2.05) is 0 Å². The van der Waals surface area contributed by atoms with Crippen LogP contribution in [-0.4, -0.2) is 23.8 Å². The number of rotatable bonds is 3. The Morgan fingerprint density at radius 1 is 1.05 bits per heavy atom. The van der Waals surface area contributed by atoms with E-state index in [1.165, 1.54) is 25.4 Å². The fourth-order valence-electron chi connectivity index (χ4n) is 1.67. The van der Waals surface area contributed by atoms with Crippen molar-refractivity contribution < 1.29 is 14.0 Å². The van der Waals surface area contributed by atoms with Crippen molar-refractivity contribution in [1.82, 2.24) is 10.3 Å². The molecule has 1 heterocycles. The lowest BCUT2D eigenvalue weighted by atomic mass is 10.1. The van der Waals surface area contributed by atoms with E-state index >= 15 is 0 Å². The minimum absolute atomic E-state index is 0.181. The Balaban J connectivity index is 2.29. The van der Waals surface area contributed by atoms with Gasteiger partial charge in [-0.3, -0.25) is 9.59 Å². The molecule has 2 N–H and O–H groups in total. The van der Waals surface area contributed by atoms with Gasteiger partial charge in [-0.25, -0.2) is 4.98 Å². The number of para-hydroxylation sites is 1. The van der Waals surface area contributed by atoms with Gasteiger partial charge in [0.05, 0.1) is 16.8 Å². The number of aromatic nitrogens is 1. The molecule has 2 amide bonds. The first-order valence-electron chi connectivity index (χ1n) is 5.86. The highest BCUT2D eigenvalue weighted by Crippen LogP contribution is 2.16. The summed E-state index contributed by atoms with van der Waals surface area (Å²) >= 11 is 0. The molecule has 2 rings (SSSR count). The minimum atomic E-state index is -0.859. The predicted molar refractivity (Wildman–Crippen MR) is 72.0 cm³/mol. The third kappa shape index (κ3) is 2.80. The van der Waals surface area contributed by atoms with Gasteiger partial charge in [0, 0.05) is 13.2 Å². The molecule has 0 aliphatic rings. The van der Waals surface area contributed by atoms with Crippen molar-refractivity contribution in [3.63, 3.8) is 0 Å². The summed E-state index contributed by atoms with van der Waals surface area (Å²) in [5, 5.41) is 4.97. The van der Waals surface area contributed by atoms with Gasteiger partial charge in [-0.15, -0.1) is 0 Å². The summed E-state index contributed by atoms with van der Waals surface area (Å²) in [6.07, 6.45) is 1.25. The van der Waals surface area contributed by atoms with Gasteiger partial charge in [0.15, 0.2) is 0 Å². The Bertz CT molecular complexity index is 658. The quantitative estimate of drug-likeness (QED) is 0.838. The molecule has 6 heteroatoms. The molecule has 0 fully saturated rings. The molecule has 1 aromatic heterocycles. The van der Waals surface area contributed by atoms with Crippen molar-refractivity contribution >= 4 is 17.5 Å². The Kier molecular flexibility index (Phi) is 4.05. The first-order chi connectivity index (χ1) is 9.63. The Morgan fingerprint density at radius 3 is 2.45 bits per heavy atom. The van der Waals surface area contributed by atoms with Crippen LogP contribution in [0.25, 0.3) is 0 Å². The van der Waals surface area contributed by atoms with E-state index < -0.39 is 11.9 Å². The van der Waals surface area contributed by atoms with Crippen molar-refractivity contribution in [2.75, 3.05) is 12.4 Å². The van der Waals surface area contributed by atoms with Crippen LogP contribution in [0.2, 0.25) is 0 Å². The topological polar surface area (TPSA) is 71.1 Å². The largest absolute Gasteiger partial charge is 0.355 e. The summed E-state index contributed by atoms with van der Waals surface area (Å²) in [4.78, 5) is 27.1. The monoisotopic (exact) mass is 273 g/mol. The first-order valence-corrected chi connectivity index (χ1v) is 5.86. The van der Waals surface area contributed by atoms with Crippen LogP contribution in [0.15, 0.2) is 42.6 Å². The Morgan fingerprint density at radius 2 is 1.75 bits per heavy atom. The normalized spacial score (nSPS) is 9.90. The number of anilines is 1. The number of hydrogen-bond acceptors (Lipinski definition) is 3. The second-order valence-corrected chi connectivity index (χ2v) is 3.92. The average molecular weight is 273 g/mol. The molecule has 0 atom stereocenters. The lowest BCUT2D eigenvalue weighted by molar-refractivity contribution is 0.0964. The molecule has 20 heavy (non-hydrogen) atoms. The smallest absolute Gasteiger partial charge is 0.260 e. The number of benzene rings is 1. The molecule has 0 spiro atoms. The van der Waals surface area contributed by atoms with E-state index in [-0.39, 0.29) is 11.5 Å². The highest BCUT2D eigenvalue weighted by atomic mass is 19.1. The molecule has 0 radical (unpaired) electrons. The second kappa shape index (κ2) is 5.92. The van der Waals surface area contributed by atoms with Gasteiger partial charge in [-0.2, -0.15) is 4.39 Å². The van der Waals surface area contributed by atoms with Crippen molar-refractivity contribution in [2.45, 2.75) is 0 Å². The van der Waals surface area contributed by atoms with E-state index in [1.54, 1.807) is 24.3 Å². The third-order valence-electron chi connectivity index (χ3n) is 2.65. The number of halogens is 1. The van der Waals surface area contributed by atoms with Crippen LogP contribution in [0, 0.1) is 5.95 Å². The molecule has 0 saturated heterocycles. The number of carbonyl (C=O) groups is 2. The standard InChI is InChI=1S/C14H12FN3O2/c1-16-13(19)9-5-2-3-7-11(9)18-14(20)10-6-4-8-17-12(10)15/h2-8H,1H3,(H,16,19)(H,18,20). The van der Waals surface area contributed by atoms with E-state index in [2.05, 4.69) is 15.6 Å². The minimum Gasteiger partial charge on any atom is -0.355 e. The van der Waals surface area contributed by atoms with E-state index in [9.17, 15) is 14.0 Å². The molecular weight excluding hydrogens is 261 g/mol. The van der Waals surface area contributed by atoms with Crippen LogP contribution < -0.4 is 10.6 Å². The van der Waals surface area contributed by atoms with Crippen LogP contribution in [0.5, 0.6) is 0 Å². The molecule has 0 bridgehead atoms. The molecule has 0 saturated carbocycles. The molecule has 0 unspecified atom stereocenters. The van der Waals surface area contributed by atoms with E-state index in [4.69, 9.17) is 0 Å². The molecule has 0 aliphatic carbocycles. The average Bonchev–Trinajstić information content (AvgIpc) is 2.47. The first kappa shape index (κ1) is 13.7. The SMILES string of the molecule is CNC(=O)c1ccccc1NC(=O)c1cccnc1F. The second-order valence-electron chi connectivity index (χ2n) is 3.92. The highest BCUT2D eigenvalue weighted by molar-refractivity contribution is 6.08. The van der Waals surface area contributed by atoms with Crippen molar-refractivity contribution in [3.05, 3.63) is 59.7 Å². The maximum Gasteiger partial charge on any atom is 0.260 e. The van der Waals surface area contributed by atoms with Crippen LogP contribution in [0.4, 0.5) is 10.1 Å². The number of amides is 2. The van der Waals surface area contributed by atoms with Gasteiger partial charge in [0.1, 0.15) is 0 Å². The van der Waals surface area contributed by atoms with Gasteiger partial charge in [-0.1, -0.05) is 12.1 Å². The van der Waals surface area contributed by atoms with E-state index in [0.29, 0.717) is 11.3 Å². The summed E-state index contributed by atoms with van der Waals surface area (Å²) in [6, 6.07) is 9.25. The predicted octanol–water partition coefficient (Wildman–Crippen LogP) is 1.83. The number of nitrogens with one attached hydrogen (secondary N) is 2. The Hall–Kier alpha value is -2.76. The maximum absolute atomic E-state index is 13.4. The summed E-state index contributed by atoms with van der Waals surface area (Å²) in [7, 11) is 1.49. The zero-order valence-electron chi connectivity index (χ0n) is 10.7. The molecule has 5 nitrogen and oxygen atoms in total. The summed E-state index contributed by atoms with van der Waals surface area (Å²) in [5.41, 5.74) is 0.423. The number of carbonyl (C=O) groups excluding carboxylic acids is 2. The maximum atomic E-state index is 13.4. The molecule has 102 valence electrons. The van der Waals surface area contributed by atoms with Gasteiger partial charge in [0.2, 0.25) is 5.95 Å². The number of nitrogens with zero attached hydrogens (tertiary/aromatic N) is 1. The fourth-order valence-corrected chi connectivity index (χ4v) is 1.67. The van der Waals surface area contributed by atoms with Gasteiger partial charge >= 0.3 is 0 Å². The van der Waals surface area contributed by atoms with Crippen LogP contribution in [0.1, 0.15) is 20.7 Å². The van der Waals surface area contributed by atoms with Gasteiger partial charge in [-0.05, 0) is 24.3 Å². The van der Waals surface area contributed by atoms with Crippen LogP contribution in [0.3, 0.4) is 0 Å². The van der Waals surface area contributed by atoms with Crippen molar-refractivity contribution in [1.29, 1.82) is 0 Å². The summed E-state index contributed by atoms with van der Waals surface area (Å²) in [6.45, 7) is 0. The van der Waals surface area contributed by atoms with E-state index in [0.717, 1.165) is 0 Å². The zero-order valence-corrected chi connectivity index (χ0v) is 10.7. The van der Waals surface area contributed by atoms with Gasteiger partial charge < -0.3 is 10.6 Å². The lowest BCUT2D eigenvalue weighted by Crippen LogP contribution is -2.22. The van der Waals surface area contributed by atoms with Crippen LogP contribution in [-0.2, 0) is 0 Å². The third-order valence-corrected chi connectivity index (χ3v) is 2.65. The fraction of sp³-hybridized carbons (Fsp3) is 0.0714.